The zero-order valence-corrected chi connectivity index (χ0v) is 39.1. The van der Waals surface area contributed by atoms with E-state index in [9.17, 15) is 29.7 Å². The minimum Gasteiger partial charge on any atom is -0.462 e. The summed E-state index contributed by atoms with van der Waals surface area (Å²) >= 11 is 4.71. The predicted octanol–water partition coefficient (Wildman–Crippen LogP) is 2.27. The topological polar surface area (TPSA) is 219 Å². The molecule has 2 amide bonds. The van der Waals surface area contributed by atoms with Crippen molar-refractivity contribution in [2.45, 2.75) is 101 Å². The number of aliphatic hydroxyl groups excluding tert-OH is 3. The summed E-state index contributed by atoms with van der Waals surface area (Å²) in [6.07, 6.45) is -1.64. The molecule has 0 radical (unpaired) electrons. The van der Waals surface area contributed by atoms with E-state index in [0.717, 1.165) is 24.6 Å². The van der Waals surface area contributed by atoms with Gasteiger partial charge in [0, 0.05) is 88.6 Å². The number of carbonyl (C=O) groups is 3. The van der Waals surface area contributed by atoms with Crippen LogP contribution in [0.1, 0.15) is 67.2 Å². The van der Waals surface area contributed by atoms with Crippen molar-refractivity contribution >= 4 is 63.3 Å². The van der Waals surface area contributed by atoms with Crippen molar-refractivity contribution in [3.8, 4) is 0 Å². The van der Waals surface area contributed by atoms with Crippen LogP contribution in [0.4, 0.5) is 9.59 Å². The average molecular weight is 1020 g/mol. The number of amides is 2. The molecule has 0 aliphatic heterocycles. The number of alkyl carbamates (subject to hydrolysis) is 1. The second-order valence-electron chi connectivity index (χ2n) is 11.6. The molecule has 14 nitrogen and oxygen atoms in total. The molecule has 0 aliphatic rings. The predicted molar refractivity (Wildman–Crippen MR) is 210 cm³/mol. The Labute approximate surface area is 340 Å². The van der Waals surface area contributed by atoms with Crippen molar-refractivity contribution in [2.75, 3.05) is 77.1 Å². The Kier molecular flexibility index (Phi) is 44.5. The number of nitrogens with zero attached hydrogens (tertiary/aromatic N) is 1. The molecule has 0 aliphatic carbocycles. The third kappa shape index (κ3) is 41.1. The quantitative estimate of drug-likeness (QED) is 0.0207. The van der Waals surface area contributed by atoms with Crippen LogP contribution in [0, 0.1) is 31.1 Å². The molecule has 50 heavy (non-hydrogen) atoms. The Morgan fingerprint density at radius 2 is 1.26 bits per heavy atom. The molecule has 0 aromatic heterocycles. The van der Waals surface area contributed by atoms with E-state index in [1.165, 1.54) is 16.7 Å². The molecular weight excluding hydrogens is 952 g/mol. The average Bonchev–Trinajstić information content (AvgIpc) is 3.00. The number of thioether (sulfide) groups is 3. The van der Waals surface area contributed by atoms with E-state index in [1.54, 1.807) is 23.5 Å². The molecule has 298 valence electrons. The van der Waals surface area contributed by atoms with Crippen molar-refractivity contribution in [1.82, 2.24) is 15.5 Å². The van der Waals surface area contributed by atoms with Crippen molar-refractivity contribution < 1.29 is 75.0 Å². The molecule has 0 aromatic rings. The molecule has 0 fully saturated rings. The third-order valence-electron chi connectivity index (χ3n) is 5.79. The van der Waals surface area contributed by atoms with Gasteiger partial charge in [0.15, 0.2) is 0 Å². The third-order valence-corrected chi connectivity index (χ3v) is 9.06. The van der Waals surface area contributed by atoms with Crippen LogP contribution in [0.2, 0.25) is 0 Å². The van der Waals surface area contributed by atoms with Gasteiger partial charge in [-0.3, -0.25) is 4.79 Å². The fraction of sp³-hybridized carbons (Fsp3) is 0.903. The maximum atomic E-state index is 12.7. The summed E-state index contributed by atoms with van der Waals surface area (Å²) in [5.74, 6) is 1.01. The molecule has 9 N–H and O–H groups in total. The number of carbonyl (C=O) groups excluding carboxylic acids is 3. The fourth-order valence-corrected chi connectivity index (χ4v) is 5.98. The van der Waals surface area contributed by atoms with Crippen LogP contribution >= 0.6 is 45.2 Å². The minimum absolute atomic E-state index is 0. The summed E-state index contributed by atoms with van der Waals surface area (Å²) in [7, 11) is 0. The van der Waals surface area contributed by atoms with Gasteiger partial charge in [0.05, 0.1) is 12.2 Å². The van der Waals surface area contributed by atoms with E-state index in [0.29, 0.717) is 36.4 Å². The summed E-state index contributed by atoms with van der Waals surface area (Å²) in [5.41, 5.74) is 9.53. The van der Waals surface area contributed by atoms with E-state index < -0.39 is 35.8 Å². The van der Waals surface area contributed by atoms with E-state index in [1.807, 2.05) is 13.8 Å². The Balaban J connectivity index is -0.00000105. The Bertz CT molecular complexity index is 815. The van der Waals surface area contributed by atoms with Gasteiger partial charge in [-0.1, -0.05) is 41.5 Å². The van der Waals surface area contributed by atoms with Gasteiger partial charge in [0.25, 0.3) is 0 Å². The summed E-state index contributed by atoms with van der Waals surface area (Å²) in [4.78, 5) is 38.2. The second-order valence-corrected chi connectivity index (χ2v) is 16.7. The molecule has 19 heteroatoms. The summed E-state index contributed by atoms with van der Waals surface area (Å²) in [6, 6.07) is 0. The number of ether oxygens (including phenoxy) is 3. The van der Waals surface area contributed by atoms with Gasteiger partial charge in [0.1, 0.15) is 25.3 Å². The summed E-state index contributed by atoms with van der Waals surface area (Å²) in [5, 5.41) is 36.6. The largest absolute Gasteiger partial charge is 0.462 e. The van der Waals surface area contributed by atoms with Gasteiger partial charge < -0.3 is 56.5 Å². The van der Waals surface area contributed by atoms with Gasteiger partial charge >= 0.3 is 18.2 Å². The number of esters is 1. The smallest absolute Gasteiger partial charge is 0.409 e. The molecule has 0 rings (SSSR count). The Morgan fingerprint density at radius 3 is 1.74 bits per heavy atom. The van der Waals surface area contributed by atoms with Crippen molar-refractivity contribution in [2.24, 2.45) is 11.5 Å². The minimum atomic E-state index is -0.804. The molecule has 4 atom stereocenters. The Morgan fingerprint density at radius 1 is 0.740 bits per heavy atom. The second kappa shape index (κ2) is 39.0. The maximum Gasteiger partial charge on any atom is 0.409 e. The van der Waals surface area contributed by atoms with Crippen LogP contribution in [-0.2, 0) is 19.0 Å². The first-order chi connectivity index (χ1) is 22.7. The summed E-state index contributed by atoms with van der Waals surface area (Å²) in [6.45, 7) is 15.2. The first-order valence-corrected chi connectivity index (χ1v) is 19.8. The van der Waals surface area contributed by atoms with E-state index in [2.05, 4.69) is 38.3 Å². The van der Waals surface area contributed by atoms with Gasteiger partial charge in [-0.2, -0.15) is 33.4 Å². The number of rotatable bonds is 27. The number of hydrogen-bond donors (Lipinski definition) is 7. The molecule has 0 saturated carbocycles. The molecule has 0 saturated heterocycles. The molecule has 0 bridgehead atoms. The molecular formula is C31H68N5O9PS3U. The summed E-state index contributed by atoms with van der Waals surface area (Å²) < 4.78 is 15.4. The zero-order chi connectivity index (χ0) is 36.7. The number of nitrogens with two attached hydrogens (primary N) is 2. The van der Waals surface area contributed by atoms with Crippen LogP contribution < -0.4 is 22.1 Å². The molecule has 0 spiro atoms. The van der Waals surface area contributed by atoms with Crippen LogP contribution in [0.3, 0.4) is 0 Å². The maximum absolute atomic E-state index is 12.7. The van der Waals surface area contributed by atoms with Crippen molar-refractivity contribution in [3.05, 3.63) is 0 Å². The number of hydrogen-bond acceptors (Lipinski definition) is 15. The molecule has 4 unspecified atom stereocenters. The van der Waals surface area contributed by atoms with Crippen LogP contribution in [0.25, 0.3) is 0 Å². The van der Waals surface area contributed by atoms with E-state index in [-0.39, 0.29) is 98.6 Å². The van der Waals surface area contributed by atoms with E-state index in [4.69, 9.17) is 25.7 Å². The van der Waals surface area contributed by atoms with Gasteiger partial charge in [0.2, 0.25) is 0 Å². The van der Waals surface area contributed by atoms with Crippen LogP contribution in [0.15, 0.2) is 0 Å². The van der Waals surface area contributed by atoms with Crippen LogP contribution in [0.5, 0.6) is 0 Å². The first-order valence-electron chi connectivity index (χ1n) is 16.7. The molecule has 0 heterocycles. The standard InChI is InChI=1S/C27H52N2O9S3.C4H13N3.H3P.U/c1-19(2)39-14-9-22(30)16-37-26(34)28-11-13-29(27(35)38-17-23(31)10-15-40-20(3)4)12-7-8-24(32)36-18-25(33)41-21(5)6;5-1-3-7-4-2-6;;/h19-23,25,30-31,33H,7-18H2,1-6H3,(H,28,34);7H,1-6H2;1H3;. The van der Waals surface area contributed by atoms with Gasteiger partial charge in [-0.15, -0.1) is 11.8 Å². The first kappa shape index (κ1) is 57.0. The van der Waals surface area contributed by atoms with Crippen molar-refractivity contribution in [1.29, 1.82) is 0 Å². The van der Waals surface area contributed by atoms with Crippen molar-refractivity contribution in [3.63, 3.8) is 0 Å². The fourth-order valence-electron chi connectivity index (χ4n) is 3.45. The molecule has 0 aromatic carbocycles. The SMILES string of the molecule is CC(C)SCCC(O)COC(=O)NCCN(CCCC(=O)OCC(O)SC(C)C)C(=O)OCC(O)CCSC(C)C.NCCNCCN.P.[U]. The normalized spacial score (nSPS) is 12.5. The van der Waals surface area contributed by atoms with Crippen LogP contribution in [-0.4, -0.2) is 149 Å². The monoisotopic (exact) mass is 1020 g/mol. The van der Waals surface area contributed by atoms with Gasteiger partial charge in [-0.25, -0.2) is 9.59 Å². The number of nitrogens with one attached hydrogen (secondary N) is 2. The number of aliphatic hydroxyl groups is 3. The zero-order valence-electron chi connectivity index (χ0n) is 31.1. The Hall–Kier alpha value is 0.302. The van der Waals surface area contributed by atoms with E-state index >= 15 is 0 Å². The van der Waals surface area contributed by atoms with Gasteiger partial charge in [-0.05, 0) is 41.3 Å².